The van der Waals surface area contributed by atoms with Gasteiger partial charge in [-0.15, -0.1) is 0 Å². The van der Waals surface area contributed by atoms with Gasteiger partial charge in [0.15, 0.2) is 0 Å². The fourth-order valence-electron chi connectivity index (χ4n) is 6.25. The minimum absolute atomic E-state index is 0.0401. The van der Waals surface area contributed by atoms with E-state index in [2.05, 4.69) is 129 Å². The van der Waals surface area contributed by atoms with E-state index in [9.17, 15) is 19.4 Å². The summed E-state index contributed by atoms with van der Waals surface area (Å²) in [4.78, 5) is 23.2. The molecule has 0 spiro atoms. The second-order valence-corrected chi connectivity index (χ2v) is 18.9. The van der Waals surface area contributed by atoms with Crippen LogP contribution in [0, 0.1) is 0 Å². The third-order valence-corrected chi connectivity index (χ3v) is 11.1. The molecule has 8 nitrogen and oxygen atoms in total. The van der Waals surface area contributed by atoms with Crippen molar-refractivity contribution in [2.24, 2.45) is 0 Å². The Morgan fingerprint density at radius 1 is 0.547 bits per heavy atom. The van der Waals surface area contributed by atoms with Gasteiger partial charge in [-0.25, -0.2) is 4.57 Å². The van der Waals surface area contributed by atoms with Crippen LogP contribution in [0.15, 0.2) is 122 Å². The van der Waals surface area contributed by atoms with Gasteiger partial charge in [-0.05, 0) is 96.3 Å². The number of unbranched alkanes of at least 4 members (excludes halogenated alkanes) is 12. The molecule has 0 fully saturated rings. The summed E-state index contributed by atoms with van der Waals surface area (Å²) in [6, 6.07) is -0.895. The number of carbonyl (C=O) groups excluding carboxylic acids is 1. The number of allylic oxidation sites excluding steroid dienone is 19. The first-order valence-electron chi connectivity index (χ1n) is 24.9. The summed E-state index contributed by atoms with van der Waals surface area (Å²) in [7, 11) is 1.50. The number of hydrogen-bond donors (Lipinski definition) is 3. The van der Waals surface area contributed by atoms with E-state index in [1.165, 1.54) is 57.8 Å². The zero-order valence-corrected chi connectivity index (χ0v) is 42.1. The third-order valence-electron chi connectivity index (χ3n) is 10.2. The molecule has 9 heteroatoms. The van der Waals surface area contributed by atoms with Crippen LogP contribution in [0.4, 0.5) is 0 Å². The van der Waals surface area contributed by atoms with Crippen LogP contribution in [0.5, 0.6) is 0 Å². The highest BCUT2D eigenvalue weighted by Crippen LogP contribution is 2.43. The van der Waals surface area contributed by atoms with Gasteiger partial charge < -0.3 is 19.8 Å². The van der Waals surface area contributed by atoms with E-state index in [4.69, 9.17) is 9.05 Å². The highest BCUT2D eigenvalue weighted by atomic mass is 31.2. The monoisotopic (exact) mass is 910 g/mol. The summed E-state index contributed by atoms with van der Waals surface area (Å²) in [5, 5.41) is 13.8. The van der Waals surface area contributed by atoms with E-state index in [0.29, 0.717) is 17.4 Å². The quantitative estimate of drug-likeness (QED) is 0.0244. The maximum absolute atomic E-state index is 12.9. The normalized spacial score (nSPS) is 15.2. The molecule has 0 radical (unpaired) electrons. The lowest BCUT2D eigenvalue weighted by Crippen LogP contribution is -2.45. The Morgan fingerprint density at radius 2 is 0.953 bits per heavy atom. The van der Waals surface area contributed by atoms with Gasteiger partial charge in [0, 0.05) is 6.42 Å². The Morgan fingerprint density at radius 3 is 1.44 bits per heavy atom. The van der Waals surface area contributed by atoms with E-state index in [1.54, 1.807) is 6.08 Å². The summed E-state index contributed by atoms with van der Waals surface area (Å²) in [5.41, 5.74) is 0. The highest BCUT2D eigenvalue weighted by molar-refractivity contribution is 7.47. The van der Waals surface area contributed by atoms with Crippen LogP contribution in [0.2, 0.25) is 0 Å². The SMILES string of the molecule is CC/C=C\C/C=C\C/C=C\C/C=C\C/C=C\C/C=C\C/C=C\C/C=C\CCCCC(=O)NC(COP(=O)(O)OCC[N+](C)(C)C)C(O)/C=C/CC/C=C/CCCCCCCCCCC. The molecule has 0 rings (SSSR count). The van der Waals surface area contributed by atoms with Crippen LogP contribution in [-0.2, 0) is 18.4 Å². The van der Waals surface area contributed by atoms with Crippen molar-refractivity contribution in [3.8, 4) is 0 Å². The average molecular weight is 910 g/mol. The third kappa shape index (κ3) is 46.9. The second-order valence-electron chi connectivity index (χ2n) is 17.4. The Hall–Kier alpha value is -3.10. The Labute approximate surface area is 393 Å². The van der Waals surface area contributed by atoms with Crippen molar-refractivity contribution in [3.63, 3.8) is 0 Å². The van der Waals surface area contributed by atoms with Crippen molar-refractivity contribution in [3.05, 3.63) is 122 Å². The lowest BCUT2D eigenvalue weighted by Gasteiger charge is -2.25. The lowest BCUT2D eigenvalue weighted by molar-refractivity contribution is -0.870. The molecule has 0 aliphatic carbocycles. The van der Waals surface area contributed by atoms with Gasteiger partial charge in [0.25, 0.3) is 0 Å². The second kappa shape index (κ2) is 45.1. The first-order valence-corrected chi connectivity index (χ1v) is 26.4. The van der Waals surface area contributed by atoms with Crippen LogP contribution < -0.4 is 5.32 Å². The molecule has 64 heavy (non-hydrogen) atoms. The smallest absolute Gasteiger partial charge is 0.387 e. The van der Waals surface area contributed by atoms with Gasteiger partial charge in [0.05, 0.1) is 39.9 Å². The van der Waals surface area contributed by atoms with E-state index >= 15 is 0 Å². The molecular weight excluding hydrogens is 816 g/mol. The zero-order chi connectivity index (χ0) is 47.1. The van der Waals surface area contributed by atoms with Crippen LogP contribution in [0.3, 0.4) is 0 Å². The first kappa shape index (κ1) is 60.9. The molecule has 0 saturated heterocycles. The number of nitrogens with one attached hydrogen (secondary N) is 1. The van der Waals surface area contributed by atoms with Gasteiger partial charge in [-0.1, -0.05) is 187 Å². The molecule has 0 bridgehead atoms. The number of aliphatic hydroxyl groups is 1. The van der Waals surface area contributed by atoms with Crippen molar-refractivity contribution in [2.45, 2.75) is 180 Å². The van der Waals surface area contributed by atoms with Gasteiger partial charge in [0.1, 0.15) is 13.2 Å². The van der Waals surface area contributed by atoms with Gasteiger partial charge in [0.2, 0.25) is 5.91 Å². The van der Waals surface area contributed by atoms with Gasteiger partial charge in [-0.3, -0.25) is 13.8 Å². The molecule has 0 aliphatic rings. The molecule has 0 saturated carbocycles. The molecule has 0 heterocycles. The Bertz CT molecular complexity index is 1450. The van der Waals surface area contributed by atoms with E-state index < -0.39 is 20.0 Å². The van der Waals surface area contributed by atoms with Crippen molar-refractivity contribution >= 4 is 13.7 Å². The molecule has 3 N–H and O–H groups in total. The summed E-state index contributed by atoms with van der Waals surface area (Å²) < 4.78 is 23.6. The standard InChI is InChI=1S/C55H93N2O6P/c1-6-8-10-12-14-16-18-20-22-23-24-25-26-27-28-29-30-31-32-33-35-37-39-41-43-45-47-49-55(59)56-53(52-63-64(60,61)62-51-50-57(3,4)5)54(58)48-46-44-42-40-38-36-34-21-19-17-15-13-11-9-7-2/h8,10,14,16,20,22,24-25,27-28,30-31,33,35,38-41,46,48,53-54,58H,6-7,9,11-13,15,17-19,21,23,26,29,32,34,36-37,42-45,47,49-52H2,1-5H3,(H-,56,59,60,61)/p+1/b10-8-,16-14-,22-20-,25-24-,28-27-,31-30-,35-33-,40-38+,41-39-,48-46+. The number of hydrogen-bond acceptors (Lipinski definition) is 5. The minimum Gasteiger partial charge on any atom is -0.387 e. The predicted octanol–water partition coefficient (Wildman–Crippen LogP) is 14.6. The van der Waals surface area contributed by atoms with Crippen molar-refractivity contribution < 1.29 is 32.9 Å². The first-order chi connectivity index (χ1) is 31.0. The van der Waals surface area contributed by atoms with E-state index in [-0.39, 0.29) is 25.5 Å². The number of phosphoric acid groups is 1. The molecule has 0 aromatic rings. The summed E-state index contributed by atoms with van der Waals surface area (Å²) in [6.45, 7) is 4.61. The Balaban J connectivity index is 4.48. The number of rotatable bonds is 43. The molecule has 3 unspecified atom stereocenters. The number of likely N-dealkylation sites (N-methyl/N-ethyl adjacent to an activating group) is 1. The molecular formula is C55H94N2O6P+. The molecule has 3 atom stereocenters. The van der Waals surface area contributed by atoms with Crippen LogP contribution in [0.1, 0.15) is 168 Å². The fourth-order valence-corrected chi connectivity index (χ4v) is 6.98. The molecule has 0 aromatic carbocycles. The number of phosphoric ester groups is 1. The maximum atomic E-state index is 12.9. The zero-order valence-electron chi connectivity index (χ0n) is 41.2. The largest absolute Gasteiger partial charge is 0.472 e. The maximum Gasteiger partial charge on any atom is 0.472 e. The topological polar surface area (TPSA) is 105 Å². The number of quaternary nitrogens is 1. The molecule has 364 valence electrons. The minimum atomic E-state index is -4.37. The summed E-state index contributed by atoms with van der Waals surface area (Å²) in [5.74, 6) is -0.236. The van der Waals surface area contributed by atoms with Crippen LogP contribution in [0.25, 0.3) is 0 Å². The van der Waals surface area contributed by atoms with Crippen molar-refractivity contribution in [1.29, 1.82) is 0 Å². The number of aliphatic hydroxyl groups excluding tert-OH is 1. The summed E-state index contributed by atoms with van der Waals surface area (Å²) >= 11 is 0. The van der Waals surface area contributed by atoms with E-state index in [1.807, 2.05) is 27.2 Å². The lowest BCUT2D eigenvalue weighted by atomic mass is 10.1. The molecule has 0 aromatic heterocycles. The number of nitrogens with zero attached hydrogens (tertiary/aromatic N) is 1. The van der Waals surface area contributed by atoms with Crippen molar-refractivity contribution in [1.82, 2.24) is 5.32 Å². The summed E-state index contributed by atoms with van der Waals surface area (Å²) in [6.07, 6.45) is 67.1. The highest BCUT2D eigenvalue weighted by Gasteiger charge is 2.27. The van der Waals surface area contributed by atoms with Gasteiger partial charge >= 0.3 is 7.82 Å². The van der Waals surface area contributed by atoms with Crippen LogP contribution >= 0.6 is 7.82 Å². The average Bonchev–Trinajstić information content (AvgIpc) is 3.25. The Kier molecular flexibility index (Phi) is 42.9. The van der Waals surface area contributed by atoms with Crippen molar-refractivity contribution in [2.75, 3.05) is 40.9 Å². The van der Waals surface area contributed by atoms with Crippen LogP contribution in [-0.4, -0.2) is 73.4 Å². The van der Waals surface area contributed by atoms with Gasteiger partial charge in [-0.2, -0.15) is 0 Å². The van der Waals surface area contributed by atoms with E-state index in [0.717, 1.165) is 83.5 Å². The molecule has 0 aliphatic heterocycles. The fraction of sp³-hybridized carbons (Fsp3) is 0.618. The number of carbonyl (C=O) groups is 1. The molecule has 1 amide bonds. The number of amides is 1. The predicted molar refractivity (Wildman–Crippen MR) is 276 cm³/mol.